The molecule has 0 saturated carbocycles. The number of hydrogen-bond acceptors (Lipinski definition) is 5. The molecule has 1 aromatic heterocycles. The maximum atomic E-state index is 13.2. The quantitative estimate of drug-likeness (QED) is 0.567. The van der Waals surface area contributed by atoms with Crippen LogP contribution in [0, 0.1) is 6.92 Å². The van der Waals surface area contributed by atoms with Gasteiger partial charge in [-0.05, 0) is 61.2 Å². The first kappa shape index (κ1) is 22.8. The summed E-state index contributed by atoms with van der Waals surface area (Å²) in [5.41, 5.74) is 2.02. The van der Waals surface area contributed by atoms with Crippen LogP contribution in [0.15, 0.2) is 47.4 Å². The van der Waals surface area contributed by atoms with Crippen molar-refractivity contribution in [2.45, 2.75) is 50.5 Å². The van der Waals surface area contributed by atoms with Crippen molar-refractivity contribution in [1.29, 1.82) is 0 Å². The van der Waals surface area contributed by atoms with E-state index in [9.17, 15) is 8.42 Å². The average molecular weight is 474 g/mol. The zero-order chi connectivity index (χ0) is 23.1. The summed E-state index contributed by atoms with van der Waals surface area (Å²) in [6, 6.07) is 12.2. The molecule has 32 heavy (non-hydrogen) atoms. The SMILES string of the molecule is Cc1nnc(-c2cc(Cl)ccc2NS(=O)(=O)c2ccc(C(C)(C)C)cc2)n1[C@@H]1CCNC1. The Morgan fingerprint density at radius 1 is 1.12 bits per heavy atom. The van der Waals surface area contributed by atoms with Crippen molar-refractivity contribution in [3.63, 3.8) is 0 Å². The van der Waals surface area contributed by atoms with Gasteiger partial charge in [0.2, 0.25) is 0 Å². The number of aromatic nitrogens is 3. The van der Waals surface area contributed by atoms with Crippen molar-refractivity contribution >= 4 is 27.3 Å². The standard InChI is InChI=1S/C23H28ClN5O2S/c1-15-26-27-22(29(15)18-11-12-25-14-18)20-13-17(24)7-10-21(20)28-32(30,31)19-8-5-16(6-9-19)23(2,3)4/h5-10,13,18,25,28H,11-12,14H2,1-4H3/t18-/m1/s1. The first-order chi connectivity index (χ1) is 15.1. The lowest BCUT2D eigenvalue weighted by molar-refractivity contribution is 0.537. The summed E-state index contributed by atoms with van der Waals surface area (Å²) in [6.07, 6.45) is 0.952. The van der Waals surface area contributed by atoms with Crippen LogP contribution in [0.25, 0.3) is 11.4 Å². The van der Waals surface area contributed by atoms with Crippen LogP contribution in [0.3, 0.4) is 0 Å². The van der Waals surface area contributed by atoms with Crippen molar-refractivity contribution < 1.29 is 8.42 Å². The van der Waals surface area contributed by atoms with Gasteiger partial charge in [-0.25, -0.2) is 8.42 Å². The molecule has 9 heteroatoms. The Balaban J connectivity index is 1.72. The second-order valence-corrected chi connectivity index (χ2v) is 11.3. The minimum Gasteiger partial charge on any atom is -0.315 e. The van der Waals surface area contributed by atoms with Crippen molar-refractivity contribution in [1.82, 2.24) is 20.1 Å². The van der Waals surface area contributed by atoms with Crippen LogP contribution in [0.5, 0.6) is 0 Å². The van der Waals surface area contributed by atoms with Crippen molar-refractivity contribution in [3.05, 3.63) is 58.9 Å². The highest BCUT2D eigenvalue weighted by molar-refractivity contribution is 7.92. The van der Waals surface area contributed by atoms with Crippen LogP contribution in [0.1, 0.15) is 44.6 Å². The zero-order valence-electron chi connectivity index (χ0n) is 18.7. The second-order valence-electron chi connectivity index (χ2n) is 9.16. The first-order valence-corrected chi connectivity index (χ1v) is 12.5. The Bertz CT molecular complexity index is 1220. The molecule has 0 radical (unpaired) electrons. The normalized spacial score (nSPS) is 17.0. The third-order valence-electron chi connectivity index (χ3n) is 5.76. The number of nitrogens with zero attached hydrogens (tertiary/aromatic N) is 3. The molecule has 170 valence electrons. The predicted molar refractivity (Wildman–Crippen MR) is 128 cm³/mol. The van der Waals surface area contributed by atoms with Gasteiger partial charge in [0.25, 0.3) is 10.0 Å². The molecule has 7 nitrogen and oxygen atoms in total. The molecular formula is C23H28ClN5O2S. The molecule has 1 fully saturated rings. The van der Waals surface area contributed by atoms with Crippen molar-refractivity contribution in [2.75, 3.05) is 17.8 Å². The Hall–Kier alpha value is -2.42. The fraction of sp³-hybridized carbons (Fsp3) is 0.391. The molecule has 1 atom stereocenters. The fourth-order valence-electron chi connectivity index (χ4n) is 3.98. The van der Waals surface area contributed by atoms with Crippen LogP contribution in [-0.4, -0.2) is 36.3 Å². The highest BCUT2D eigenvalue weighted by Gasteiger charge is 2.26. The van der Waals surface area contributed by atoms with Crippen LogP contribution >= 0.6 is 11.6 Å². The molecule has 4 rings (SSSR count). The van der Waals surface area contributed by atoms with Gasteiger partial charge in [-0.15, -0.1) is 10.2 Å². The van der Waals surface area contributed by atoms with E-state index in [0.717, 1.165) is 30.9 Å². The van der Waals surface area contributed by atoms with Gasteiger partial charge in [0.05, 0.1) is 16.6 Å². The minimum absolute atomic E-state index is 0.0594. The molecule has 0 bridgehead atoms. The fourth-order valence-corrected chi connectivity index (χ4v) is 5.23. The van der Waals surface area contributed by atoms with Gasteiger partial charge in [-0.2, -0.15) is 0 Å². The summed E-state index contributed by atoms with van der Waals surface area (Å²) in [6.45, 7) is 9.90. The Labute approximate surface area is 194 Å². The van der Waals surface area contributed by atoms with Crippen LogP contribution < -0.4 is 10.0 Å². The smallest absolute Gasteiger partial charge is 0.261 e. The van der Waals surface area contributed by atoms with E-state index in [0.29, 0.717) is 22.1 Å². The predicted octanol–water partition coefficient (Wildman–Crippen LogP) is 4.54. The molecule has 0 unspecified atom stereocenters. The average Bonchev–Trinajstić information content (AvgIpc) is 3.38. The number of anilines is 1. The van der Waals surface area contributed by atoms with Gasteiger partial charge in [0, 0.05) is 17.1 Å². The number of hydrogen-bond donors (Lipinski definition) is 2. The summed E-state index contributed by atoms with van der Waals surface area (Å²) in [7, 11) is -3.81. The lowest BCUT2D eigenvalue weighted by Gasteiger charge is -2.20. The number of sulfonamides is 1. The monoisotopic (exact) mass is 473 g/mol. The van der Waals surface area contributed by atoms with E-state index >= 15 is 0 Å². The summed E-state index contributed by atoms with van der Waals surface area (Å²) in [4.78, 5) is 0.198. The number of aryl methyl sites for hydroxylation is 1. The van der Waals surface area contributed by atoms with E-state index in [1.165, 1.54) is 0 Å². The molecule has 1 saturated heterocycles. The largest absolute Gasteiger partial charge is 0.315 e. The van der Waals surface area contributed by atoms with Gasteiger partial charge in [0.15, 0.2) is 5.82 Å². The van der Waals surface area contributed by atoms with E-state index < -0.39 is 10.0 Å². The van der Waals surface area contributed by atoms with E-state index in [2.05, 4.69) is 45.6 Å². The maximum absolute atomic E-state index is 13.2. The van der Waals surface area contributed by atoms with E-state index in [4.69, 9.17) is 11.6 Å². The van der Waals surface area contributed by atoms with Gasteiger partial charge in [0.1, 0.15) is 5.82 Å². The topological polar surface area (TPSA) is 88.9 Å². The van der Waals surface area contributed by atoms with Gasteiger partial charge < -0.3 is 9.88 Å². The summed E-state index contributed by atoms with van der Waals surface area (Å²) >= 11 is 6.29. The number of benzene rings is 2. The van der Waals surface area contributed by atoms with E-state index in [-0.39, 0.29) is 16.4 Å². The third-order valence-corrected chi connectivity index (χ3v) is 7.38. The molecule has 0 spiro atoms. The van der Waals surface area contributed by atoms with Gasteiger partial charge in [-0.1, -0.05) is 44.5 Å². The van der Waals surface area contributed by atoms with Crippen LogP contribution in [-0.2, 0) is 15.4 Å². The molecule has 1 aliphatic heterocycles. The molecule has 1 aliphatic rings. The molecule has 0 aliphatic carbocycles. The van der Waals surface area contributed by atoms with Crippen molar-refractivity contribution in [3.8, 4) is 11.4 Å². The first-order valence-electron chi connectivity index (χ1n) is 10.6. The lowest BCUT2D eigenvalue weighted by atomic mass is 9.87. The Morgan fingerprint density at radius 2 is 1.84 bits per heavy atom. The van der Waals surface area contributed by atoms with Crippen LogP contribution in [0.4, 0.5) is 5.69 Å². The van der Waals surface area contributed by atoms with E-state index in [1.54, 1.807) is 30.3 Å². The molecule has 2 heterocycles. The summed E-state index contributed by atoms with van der Waals surface area (Å²) < 4.78 is 31.1. The van der Waals surface area contributed by atoms with Gasteiger partial charge in [-0.3, -0.25) is 4.72 Å². The Morgan fingerprint density at radius 3 is 2.47 bits per heavy atom. The number of rotatable bonds is 5. The highest BCUT2D eigenvalue weighted by Crippen LogP contribution is 2.34. The molecule has 3 aromatic rings. The second kappa shape index (κ2) is 8.50. The minimum atomic E-state index is -3.81. The maximum Gasteiger partial charge on any atom is 0.261 e. The number of nitrogens with one attached hydrogen (secondary N) is 2. The van der Waals surface area contributed by atoms with Crippen molar-refractivity contribution in [2.24, 2.45) is 0 Å². The number of halogens is 1. The van der Waals surface area contributed by atoms with Crippen LogP contribution in [0.2, 0.25) is 5.02 Å². The molecular weight excluding hydrogens is 446 g/mol. The summed E-state index contributed by atoms with van der Waals surface area (Å²) in [5, 5.41) is 12.5. The summed E-state index contributed by atoms with van der Waals surface area (Å²) in [5.74, 6) is 1.37. The molecule has 0 amide bonds. The zero-order valence-corrected chi connectivity index (χ0v) is 20.3. The third kappa shape index (κ3) is 4.53. The molecule has 2 N–H and O–H groups in total. The Kier molecular flexibility index (Phi) is 6.04. The molecule has 2 aromatic carbocycles. The van der Waals surface area contributed by atoms with E-state index in [1.807, 2.05) is 19.1 Å². The highest BCUT2D eigenvalue weighted by atomic mass is 35.5. The van der Waals surface area contributed by atoms with Gasteiger partial charge >= 0.3 is 0 Å². The lowest BCUT2D eigenvalue weighted by Crippen LogP contribution is -2.17.